The molecule has 1 unspecified atom stereocenters. The van der Waals surface area contributed by atoms with Gasteiger partial charge in [0.2, 0.25) is 10.0 Å². The molecule has 0 spiro atoms. The van der Waals surface area contributed by atoms with E-state index in [9.17, 15) is 17.2 Å². The molecule has 248 valence electrons. The van der Waals surface area contributed by atoms with Crippen LogP contribution in [-0.4, -0.2) is 67.6 Å². The number of alkyl halides is 2. The standard InChI is InChI=1S/C30H35F2N11O3S/c1-16-17(2)34-24(15-33-16)37-23-14-21(26-29(38-23)43(30(39-26)27(31)32)25-9-7-8-12-46-25)36-20-11-10-19(28-35-18(3)40-41(28)4)13-22(20)42(5)47(6,44)45/h10-11,13-15,25,27H,7-9,12H2,1-6H3,(H2,34,36,37,38). The van der Waals surface area contributed by atoms with E-state index in [-0.39, 0.29) is 22.7 Å². The number of pyridine rings is 1. The predicted molar refractivity (Wildman–Crippen MR) is 174 cm³/mol. The monoisotopic (exact) mass is 667 g/mol. The Morgan fingerprint density at radius 1 is 1.00 bits per heavy atom. The zero-order chi connectivity index (χ0) is 33.6. The third kappa shape index (κ3) is 6.44. The lowest BCUT2D eigenvalue weighted by Gasteiger charge is -2.25. The zero-order valence-corrected chi connectivity index (χ0v) is 27.6. The summed E-state index contributed by atoms with van der Waals surface area (Å²) in [4.78, 5) is 22.4. The first-order chi connectivity index (χ1) is 22.3. The Bertz CT molecular complexity index is 2080. The van der Waals surface area contributed by atoms with E-state index in [0.717, 1.165) is 29.1 Å². The normalized spacial score (nSPS) is 15.4. The van der Waals surface area contributed by atoms with Crippen molar-refractivity contribution in [3.05, 3.63) is 53.5 Å². The average Bonchev–Trinajstić information content (AvgIpc) is 3.58. The number of aromatic nitrogens is 8. The number of imidazole rings is 1. The highest BCUT2D eigenvalue weighted by molar-refractivity contribution is 7.92. The van der Waals surface area contributed by atoms with Gasteiger partial charge < -0.3 is 15.4 Å². The van der Waals surface area contributed by atoms with Crippen molar-refractivity contribution in [2.75, 3.05) is 34.8 Å². The zero-order valence-electron chi connectivity index (χ0n) is 26.8. The minimum absolute atomic E-state index is 0.159. The largest absolute Gasteiger partial charge is 0.358 e. The first-order valence-electron chi connectivity index (χ1n) is 14.9. The van der Waals surface area contributed by atoms with Crippen LogP contribution in [0.5, 0.6) is 0 Å². The molecule has 4 aromatic heterocycles. The molecule has 5 heterocycles. The Labute approximate surface area is 270 Å². The number of halogens is 2. The Morgan fingerprint density at radius 3 is 2.43 bits per heavy atom. The molecule has 0 amide bonds. The van der Waals surface area contributed by atoms with Crippen molar-refractivity contribution < 1.29 is 21.9 Å². The molecule has 1 fully saturated rings. The van der Waals surface area contributed by atoms with Gasteiger partial charge in [0.15, 0.2) is 17.3 Å². The third-order valence-electron chi connectivity index (χ3n) is 7.99. The van der Waals surface area contributed by atoms with Crippen LogP contribution in [0, 0.1) is 20.8 Å². The van der Waals surface area contributed by atoms with Crippen molar-refractivity contribution in [3.63, 3.8) is 0 Å². The van der Waals surface area contributed by atoms with Gasteiger partial charge in [-0.1, -0.05) is 0 Å². The topological polar surface area (TPSA) is 158 Å². The summed E-state index contributed by atoms with van der Waals surface area (Å²) >= 11 is 0. The molecule has 2 N–H and O–H groups in total. The Balaban J connectivity index is 1.54. The van der Waals surface area contributed by atoms with Crippen LogP contribution < -0.4 is 14.9 Å². The highest BCUT2D eigenvalue weighted by atomic mass is 32.2. The maximum absolute atomic E-state index is 14.5. The van der Waals surface area contributed by atoms with Gasteiger partial charge in [0.05, 0.1) is 40.9 Å². The van der Waals surface area contributed by atoms with Gasteiger partial charge in [-0.3, -0.25) is 13.9 Å². The predicted octanol–water partition coefficient (Wildman–Crippen LogP) is 5.46. The number of hydrogen-bond donors (Lipinski definition) is 2. The van der Waals surface area contributed by atoms with Gasteiger partial charge in [0.25, 0.3) is 6.43 Å². The number of rotatable bonds is 9. The molecule has 0 aliphatic carbocycles. The van der Waals surface area contributed by atoms with Crippen LogP contribution in [0.1, 0.15) is 55.0 Å². The number of benzene rings is 1. The average molecular weight is 668 g/mol. The minimum atomic E-state index is -3.73. The van der Waals surface area contributed by atoms with Crippen LogP contribution in [-0.2, 0) is 21.8 Å². The molecular formula is C30H35F2N11O3S. The molecule has 1 saturated heterocycles. The van der Waals surface area contributed by atoms with E-state index in [4.69, 9.17) is 9.72 Å². The fourth-order valence-corrected chi connectivity index (χ4v) is 5.97. The van der Waals surface area contributed by atoms with Crippen LogP contribution in [0.15, 0.2) is 30.5 Å². The lowest BCUT2D eigenvalue weighted by molar-refractivity contribution is -0.0363. The van der Waals surface area contributed by atoms with Gasteiger partial charge in [0.1, 0.15) is 29.2 Å². The fourth-order valence-electron chi connectivity index (χ4n) is 5.46. The molecule has 17 heteroatoms. The third-order valence-corrected chi connectivity index (χ3v) is 9.19. The van der Waals surface area contributed by atoms with Crippen molar-refractivity contribution in [1.29, 1.82) is 0 Å². The molecule has 47 heavy (non-hydrogen) atoms. The van der Waals surface area contributed by atoms with E-state index >= 15 is 0 Å². The number of nitrogens with zero attached hydrogens (tertiary/aromatic N) is 9. The first-order valence-corrected chi connectivity index (χ1v) is 16.8. The molecule has 0 radical (unpaired) electrons. The summed E-state index contributed by atoms with van der Waals surface area (Å²) in [6.07, 6.45) is 1.19. The number of sulfonamides is 1. The Morgan fingerprint density at radius 2 is 1.79 bits per heavy atom. The fraction of sp³-hybridized carbons (Fsp3) is 0.400. The van der Waals surface area contributed by atoms with E-state index in [1.807, 2.05) is 13.8 Å². The molecule has 0 saturated carbocycles. The van der Waals surface area contributed by atoms with Gasteiger partial charge in [-0.25, -0.2) is 41.8 Å². The summed E-state index contributed by atoms with van der Waals surface area (Å²) in [5.74, 6) is 1.30. The first kappa shape index (κ1) is 32.2. The number of hydrogen-bond acceptors (Lipinski definition) is 11. The van der Waals surface area contributed by atoms with Gasteiger partial charge >= 0.3 is 0 Å². The second-order valence-electron chi connectivity index (χ2n) is 11.4. The van der Waals surface area contributed by atoms with Gasteiger partial charge in [-0.15, -0.1) is 0 Å². The maximum atomic E-state index is 14.5. The number of ether oxygens (including phenoxy) is 1. The number of aryl methyl sites for hydroxylation is 4. The SMILES string of the molecule is Cc1nc(-c2ccc(Nc3cc(Nc4cnc(C)c(C)n4)nc4c3nc(C(F)F)n4C3CCCCO3)c(N(C)S(C)(=O)=O)c2)n(C)n1. The van der Waals surface area contributed by atoms with Crippen LogP contribution in [0.4, 0.5) is 37.5 Å². The summed E-state index contributed by atoms with van der Waals surface area (Å²) in [5, 5.41) is 10.7. The highest BCUT2D eigenvalue weighted by Crippen LogP contribution is 2.39. The van der Waals surface area contributed by atoms with Crippen LogP contribution in [0.2, 0.25) is 0 Å². The van der Waals surface area contributed by atoms with Crippen molar-refractivity contribution in [2.24, 2.45) is 7.05 Å². The smallest absolute Gasteiger partial charge is 0.295 e. The van der Waals surface area contributed by atoms with E-state index in [0.29, 0.717) is 53.1 Å². The van der Waals surface area contributed by atoms with Gasteiger partial charge in [0, 0.05) is 32.3 Å². The van der Waals surface area contributed by atoms with Crippen molar-refractivity contribution in [2.45, 2.75) is 52.7 Å². The summed E-state index contributed by atoms with van der Waals surface area (Å²) in [5.41, 5.74) is 3.38. The molecule has 1 aliphatic heterocycles. The summed E-state index contributed by atoms with van der Waals surface area (Å²) < 4.78 is 64.7. The second-order valence-corrected chi connectivity index (χ2v) is 13.4. The molecule has 6 rings (SSSR count). The van der Waals surface area contributed by atoms with Crippen molar-refractivity contribution in [1.82, 2.24) is 39.3 Å². The van der Waals surface area contributed by atoms with E-state index in [1.165, 1.54) is 11.6 Å². The molecular weight excluding hydrogens is 632 g/mol. The lowest BCUT2D eigenvalue weighted by atomic mass is 10.1. The lowest BCUT2D eigenvalue weighted by Crippen LogP contribution is -2.25. The van der Waals surface area contributed by atoms with Crippen LogP contribution in [0.3, 0.4) is 0 Å². The van der Waals surface area contributed by atoms with Crippen LogP contribution >= 0.6 is 0 Å². The molecule has 14 nitrogen and oxygen atoms in total. The summed E-state index contributed by atoms with van der Waals surface area (Å²) in [6.45, 7) is 5.85. The van der Waals surface area contributed by atoms with E-state index in [2.05, 4.69) is 35.7 Å². The van der Waals surface area contributed by atoms with Gasteiger partial charge in [-0.2, -0.15) is 5.10 Å². The van der Waals surface area contributed by atoms with E-state index in [1.54, 1.807) is 49.1 Å². The highest BCUT2D eigenvalue weighted by Gasteiger charge is 2.29. The maximum Gasteiger partial charge on any atom is 0.295 e. The molecule has 1 atom stereocenters. The summed E-state index contributed by atoms with van der Waals surface area (Å²) in [6, 6.07) is 6.75. The van der Waals surface area contributed by atoms with Crippen molar-refractivity contribution in [3.8, 4) is 11.4 Å². The van der Waals surface area contributed by atoms with Gasteiger partial charge in [-0.05, 0) is 58.2 Å². The molecule has 5 aromatic rings. The second kappa shape index (κ2) is 12.4. The van der Waals surface area contributed by atoms with Crippen LogP contribution in [0.25, 0.3) is 22.6 Å². The molecule has 1 aliphatic rings. The van der Waals surface area contributed by atoms with E-state index < -0.39 is 28.5 Å². The quantitative estimate of drug-likeness (QED) is 0.206. The number of nitrogens with one attached hydrogen (secondary N) is 2. The van der Waals surface area contributed by atoms with Crippen molar-refractivity contribution >= 4 is 49.9 Å². The summed E-state index contributed by atoms with van der Waals surface area (Å²) in [7, 11) is -0.551. The minimum Gasteiger partial charge on any atom is -0.358 e. The number of anilines is 5. The molecule has 0 bridgehead atoms. The molecule has 1 aromatic carbocycles. The Hall–Kier alpha value is -4.77. The number of fused-ring (bicyclic) bond motifs is 1. The Kier molecular flexibility index (Phi) is 8.52.